The van der Waals surface area contributed by atoms with Gasteiger partial charge in [0.25, 0.3) is 11.8 Å². The van der Waals surface area contributed by atoms with Crippen molar-refractivity contribution in [2.75, 3.05) is 158 Å². The summed E-state index contributed by atoms with van der Waals surface area (Å²) in [4.78, 5) is 65.2. The number of hydrogen-bond donors (Lipinski definition) is 3. The van der Waals surface area contributed by atoms with Crippen LogP contribution in [0, 0.1) is 23.3 Å². The number of nitrogens with one attached hydrogen (secondary N) is 1. The van der Waals surface area contributed by atoms with E-state index in [0.29, 0.717) is 136 Å². The molecule has 0 unspecified atom stereocenters. The lowest BCUT2D eigenvalue weighted by molar-refractivity contribution is -0.180. The molecule has 2 aromatic carbocycles. The Balaban J connectivity index is 0.755. The van der Waals surface area contributed by atoms with E-state index in [1.807, 2.05) is 32.0 Å². The number of rotatable bonds is 43. The standard InChI is InChI=1S/C55H74F4N6O19S/c1-3-12-65(83-4-2)54(68)41-34-39-6-5-38(35-43(39)63-45(60)36-41)40-7-8-42(62-37-40)55(69)64-13-9-44(64)53(67)61-11-15-74-17-19-76-21-23-78-25-27-80-29-31-82-33-32-81-30-28-79-26-24-77-22-20-75-18-16-73-14-10-46(66)84-51-47(56)49(58)52(85(70,71)72)50(59)48(51)57/h5-8,34-35,37,44H,3-4,9-33,36H2,1-2H3,(H2,60,63)(H,61,67)(H,70,71,72)/t44-/m1/s1. The lowest BCUT2D eigenvalue weighted by atomic mass is 10.0. The van der Waals surface area contributed by atoms with Crippen molar-refractivity contribution in [3.8, 4) is 16.9 Å². The highest BCUT2D eigenvalue weighted by atomic mass is 32.2. The number of carbonyl (C=O) groups excluding carboxylic acids is 4. The third-order valence-corrected chi connectivity index (χ3v) is 13.0. The molecule has 2 aliphatic rings. The van der Waals surface area contributed by atoms with Gasteiger partial charge in [-0.15, -0.1) is 0 Å². The van der Waals surface area contributed by atoms with Gasteiger partial charge in [0.1, 0.15) is 17.6 Å². The monoisotopic (exact) mass is 1230 g/mol. The van der Waals surface area contributed by atoms with Crippen molar-refractivity contribution < 1.29 is 107 Å². The van der Waals surface area contributed by atoms with Crippen LogP contribution in [-0.2, 0) is 76.7 Å². The van der Waals surface area contributed by atoms with Gasteiger partial charge in [-0.3, -0.25) is 33.6 Å². The maximum Gasteiger partial charge on any atom is 0.313 e. The molecule has 0 spiro atoms. The minimum absolute atomic E-state index is 0.0130. The number of likely N-dealkylation sites (tertiary alicyclic amines) is 1. The summed E-state index contributed by atoms with van der Waals surface area (Å²) >= 11 is 0. The molecule has 2 aliphatic heterocycles. The molecule has 1 atom stereocenters. The van der Waals surface area contributed by atoms with Gasteiger partial charge in [-0.2, -0.15) is 17.2 Å². The van der Waals surface area contributed by atoms with E-state index < -0.39 is 62.5 Å². The second-order valence-corrected chi connectivity index (χ2v) is 19.7. The summed E-state index contributed by atoms with van der Waals surface area (Å²) in [6, 6.07) is 8.44. The lowest BCUT2D eigenvalue weighted by Gasteiger charge is -2.39. The number of amidine groups is 1. The van der Waals surface area contributed by atoms with Crippen LogP contribution in [0.15, 0.2) is 52.0 Å². The topological polar surface area (TPSA) is 303 Å². The van der Waals surface area contributed by atoms with Crippen LogP contribution in [0.5, 0.6) is 5.75 Å². The second-order valence-electron chi connectivity index (χ2n) is 18.3. The number of benzene rings is 2. The van der Waals surface area contributed by atoms with Crippen LogP contribution in [0.2, 0.25) is 0 Å². The molecule has 0 bridgehead atoms. The third-order valence-electron chi connectivity index (χ3n) is 12.1. The smallest absolute Gasteiger partial charge is 0.313 e. The predicted octanol–water partition coefficient (Wildman–Crippen LogP) is 4.01. The molecule has 3 heterocycles. The Morgan fingerprint density at radius 1 is 0.694 bits per heavy atom. The number of pyridine rings is 1. The molecule has 0 saturated carbocycles. The quantitative estimate of drug-likeness (QED) is 0.0137. The largest absolute Gasteiger partial charge is 0.420 e. The van der Waals surface area contributed by atoms with E-state index in [1.54, 1.807) is 24.4 Å². The summed E-state index contributed by atoms with van der Waals surface area (Å²) in [5, 5.41) is 4.19. The number of carbonyl (C=O) groups is 4. The normalized spacial score (nSPS) is 14.1. The van der Waals surface area contributed by atoms with Gasteiger partial charge in [-0.05, 0) is 43.5 Å². The van der Waals surface area contributed by atoms with Crippen molar-refractivity contribution in [3.63, 3.8) is 0 Å². The highest BCUT2D eigenvalue weighted by Crippen LogP contribution is 2.34. The van der Waals surface area contributed by atoms with Gasteiger partial charge in [0.2, 0.25) is 23.3 Å². The molecule has 1 saturated heterocycles. The third kappa shape index (κ3) is 23.6. The number of nitrogens with zero attached hydrogens (tertiary/aromatic N) is 4. The Kier molecular flexibility index (Phi) is 31.2. The molecule has 3 aromatic rings. The van der Waals surface area contributed by atoms with Gasteiger partial charge < -0.3 is 68.1 Å². The van der Waals surface area contributed by atoms with Crippen LogP contribution in [-0.4, -0.2) is 222 Å². The van der Waals surface area contributed by atoms with Crippen LogP contribution in [0.4, 0.5) is 23.2 Å². The predicted molar refractivity (Wildman–Crippen MR) is 294 cm³/mol. The Hall–Kier alpha value is -6.13. The average Bonchev–Trinajstić information content (AvgIpc) is 1.70. The number of hydrogen-bond acceptors (Lipinski definition) is 21. The van der Waals surface area contributed by atoms with Gasteiger partial charge >= 0.3 is 16.1 Å². The molecule has 25 nitrogen and oxygen atoms in total. The van der Waals surface area contributed by atoms with Crippen molar-refractivity contribution in [3.05, 3.63) is 76.6 Å². The molecule has 30 heteroatoms. The summed E-state index contributed by atoms with van der Waals surface area (Å²) in [5.41, 5.74) is 9.83. The summed E-state index contributed by atoms with van der Waals surface area (Å²) in [6.07, 6.45) is 4.26. The van der Waals surface area contributed by atoms with E-state index in [1.165, 1.54) is 9.96 Å². The number of halogens is 4. The van der Waals surface area contributed by atoms with Crippen molar-refractivity contribution in [1.29, 1.82) is 0 Å². The van der Waals surface area contributed by atoms with Gasteiger partial charge in [-0.1, -0.05) is 25.1 Å². The number of amides is 3. The molecule has 1 aromatic heterocycles. The number of aromatic nitrogens is 1. The van der Waals surface area contributed by atoms with Crippen LogP contribution in [0.3, 0.4) is 0 Å². The maximum absolute atomic E-state index is 14.0. The molecular weight excluding hydrogens is 1160 g/mol. The zero-order chi connectivity index (χ0) is 61.4. The number of esters is 1. The number of nitrogens with two attached hydrogens (primary N) is 1. The SMILES string of the molecule is CCCN(OCC)C(=O)C1=Cc2ccc(-c3ccc(C(=O)N4CC[C@@H]4C(=O)NCCOCCOCCOCCOCCOCCOCCOCCOCCOCCOCCC(=O)Oc4c(F)c(F)c(S(=O)(=O)O)c(F)c4F)nc3)cc2N=C(N)C1. The first-order chi connectivity index (χ1) is 41.0. The second kappa shape index (κ2) is 38.1. The van der Waals surface area contributed by atoms with Crippen LogP contribution < -0.4 is 15.8 Å². The van der Waals surface area contributed by atoms with Crippen molar-refractivity contribution in [2.45, 2.75) is 50.5 Å². The fraction of sp³-hybridized carbons (Fsp3) is 0.564. The summed E-state index contributed by atoms with van der Waals surface area (Å²) in [6.45, 7) is 11.0. The molecule has 472 valence electrons. The Morgan fingerprint density at radius 2 is 1.19 bits per heavy atom. The van der Waals surface area contributed by atoms with E-state index in [2.05, 4.69) is 20.0 Å². The van der Waals surface area contributed by atoms with Crippen LogP contribution in [0.25, 0.3) is 17.2 Å². The van der Waals surface area contributed by atoms with E-state index in [4.69, 9.17) is 62.5 Å². The van der Waals surface area contributed by atoms with Gasteiger partial charge in [0.15, 0.2) is 16.5 Å². The van der Waals surface area contributed by atoms with Crippen molar-refractivity contribution in [1.82, 2.24) is 20.3 Å². The molecule has 3 amide bonds. The number of ether oxygens (including phenoxy) is 11. The van der Waals surface area contributed by atoms with Crippen molar-refractivity contribution >= 4 is 51.4 Å². The van der Waals surface area contributed by atoms with Crippen molar-refractivity contribution in [2.24, 2.45) is 10.7 Å². The Labute approximate surface area is 489 Å². The van der Waals surface area contributed by atoms with Gasteiger partial charge in [0.05, 0.1) is 151 Å². The van der Waals surface area contributed by atoms with E-state index in [-0.39, 0.29) is 76.0 Å². The molecule has 85 heavy (non-hydrogen) atoms. The van der Waals surface area contributed by atoms with E-state index in [9.17, 15) is 45.2 Å². The molecule has 0 aliphatic carbocycles. The van der Waals surface area contributed by atoms with Crippen LogP contribution in [0.1, 0.15) is 55.6 Å². The Bertz CT molecular complexity index is 2750. The fourth-order valence-electron chi connectivity index (χ4n) is 7.87. The minimum Gasteiger partial charge on any atom is -0.420 e. The molecule has 4 N–H and O–H groups in total. The minimum atomic E-state index is -5.65. The fourth-order valence-corrected chi connectivity index (χ4v) is 8.50. The zero-order valence-electron chi connectivity index (χ0n) is 47.5. The van der Waals surface area contributed by atoms with Gasteiger partial charge in [0, 0.05) is 49.0 Å². The average molecular weight is 1230 g/mol. The van der Waals surface area contributed by atoms with Gasteiger partial charge in [-0.25, -0.2) is 18.8 Å². The first kappa shape index (κ1) is 69.6. The number of aliphatic imine (C=N–C) groups is 1. The lowest BCUT2D eigenvalue weighted by Crippen LogP contribution is -2.58. The maximum atomic E-state index is 14.0. The summed E-state index contributed by atoms with van der Waals surface area (Å²) in [7, 11) is -5.65. The number of fused-ring (bicyclic) bond motifs is 1. The zero-order valence-corrected chi connectivity index (χ0v) is 48.3. The Morgan fingerprint density at radius 3 is 1.64 bits per heavy atom. The highest BCUT2D eigenvalue weighted by molar-refractivity contribution is 7.85. The first-order valence-electron chi connectivity index (χ1n) is 27.5. The summed E-state index contributed by atoms with van der Waals surface area (Å²) in [5.74, 6) is -13.2. The summed E-state index contributed by atoms with van der Waals surface area (Å²) < 4.78 is 145. The molecule has 1 fully saturated rings. The molecule has 0 radical (unpaired) electrons. The first-order valence-corrected chi connectivity index (χ1v) is 29.0. The molecule has 5 rings (SSSR count). The number of hydroxylamine groups is 2. The van der Waals surface area contributed by atoms with E-state index >= 15 is 0 Å². The van der Waals surface area contributed by atoms with Crippen LogP contribution >= 0.6 is 0 Å². The molecular formula is C55H74F4N6O19S. The highest BCUT2D eigenvalue weighted by Gasteiger charge is 2.38. The van der Waals surface area contributed by atoms with E-state index in [0.717, 1.165) is 23.1 Å².